The second-order valence-corrected chi connectivity index (χ2v) is 20.4. The van der Waals surface area contributed by atoms with Crippen LogP contribution in [0.15, 0.2) is 130 Å². The van der Waals surface area contributed by atoms with Crippen LogP contribution >= 0.6 is 35.3 Å². The van der Waals surface area contributed by atoms with Crippen molar-refractivity contribution in [3.05, 3.63) is 137 Å². The number of nitrogens with zero attached hydrogens (tertiary/aromatic N) is 4. The lowest BCUT2D eigenvalue weighted by Crippen LogP contribution is -2.46. The van der Waals surface area contributed by atoms with Gasteiger partial charge in [-0.3, -0.25) is 0 Å². The van der Waals surface area contributed by atoms with Crippen molar-refractivity contribution in [1.29, 1.82) is 0 Å². The number of thioether (sulfide) groups is 1. The van der Waals surface area contributed by atoms with Crippen LogP contribution in [0.2, 0.25) is 5.02 Å². The van der Waals surface area contributed by atoms with E-state index in [1.165, 1.54) is 18.2 Å². The van der Waals surface area contributed by atoms with Crippen molar-refractivity contribution in [2.24, 2.45) is 0 Å². The molecule has 6 aromatic rings. The minimum absolute atomic E-state index is 0.127. The van der Waals surface area contributed by atoms with Gasteiger partial charge >= 0.3 is 11.5 Å². The van der Waals surface area contributed by atoms with Crippen molar-refractivity contribution in [2.75, 3.05) is 71.9 Å². The molecule has 0 amide bonds. The summed E-state index contributed by atoms with van der Waals surface area (Å²) in [6.07, 6.45) is 1.67. The van der Waals surface area contributed by atoms with E-state index in [9.17, 15) is 27.3 Å². The van der Waals surface area contributed by atoms with Gasteiger partial charge in [0, 0.05) is 87.7 Å². The van der Waals surface area contributed by atoms with E-state index in [1.54, 1.807) is 43.0 Å². The molecule has 9 nitrogen and oxygen atoms in total. The average Bonchev–Trinajstić information content (AvgIpc) is 3.64. The Morgan fingerprint density at radius 2 is 1.53 bits per heavy atom. The number of halogens is 5. The average molecular weight is 1010 g/mol. The lowest BCUT2D eigenvalue weighted by atomic mass is 9.96. The number of hydrogen-bond acceptors (Lipinski definition) is 9. The van der Waals surface area contributed by atoms with Crippen LogP contribution in [0.5, 0.6) is 0 Å². The zero-order valence-electron chi connectivity index (χ0n) is 38.3. The fourth-order valence-corrected chi connectivity index (χ4v) is 11.2. The van der Waals surface area contributed by atoms with Crippen LogP contribution in [-0.4, -0.2) is 88.4 Å². The van der Waals surface area contributed by atoms with Gasteiger partial charge in [0.05, 0.1) is 21.8 Å². The summed E-state index contributed by atoms with van der Waals surface area (Å²) < 4.78 is 75.9. The standard InChI is InChI=1S/C51H55ClF4N6O3S3/c1-5-23-59(4)24-22-40(33-66-43-10-8-7-9-11-43)57-45-21-20-44(32-46(45)68(65)51(54,55)56)67-58-39-16-18-41(19-17-39)60-25-27-61(28-26-60)42-30-36(29-38(53)31-42)48-47(50(63)64)34(3)62(6-2)49(48)35-12-14-37(52)15-13-35/h7-21,29-32,40,57-58H,5-6,22-28,33H2,1-4H3,(H,63,64). The summed E-state index contributed by atoms with van der Waals surface area (Å²) in [4.78, 5) is 20.5. The van der Waals surface area contributed by atoms with Crippen LogP contribution in [0.3, 0.4) is 0 Å². The summed E-state index contributed by atoms with van der Waals surface area (Å²) in [6.45, 7) is 10.4. The van der Waals surface area contributed by atoms with E-state index in [0.29, 0.717) is 83.0 Å². The highest BCUT2D eigenvalue weighted by molar-refractivity contribution is 8.00. The summed E-state index contributed by atoms with van der Waals surface area (Å²) in [5.41, 5.74) is 0.690. The smallest absolute Gasteiger partial charge is 0.475 e. The highest BCUT2D eigenvalue weighted by Gasteiger charge is 2.39. The maximum absolute atomic E-state index is 15.6. The second-order valence-electron chi connectivity index (χ2n) is 16.6. The highest BCUT2D eigenvalue weighted by atomic mass is 35.5. The molecule has 360 valence electrons. The Kier molecular flexibility index (Phi) is 17.1. The Labute approximate surface area is 411 Å². The molecule has 0 aliphatic carbocycles. The normalized spacial score (nSPS) is 14.0. The molecule has 17 heteroatoms. The first-order valence-electron chi connectivity index (χ1n) is 22.4. The number of benzene rings is 5. The number of aromatic carboxylic acids is 1. The van der Waals surface area contributed by atoms with Crippen molar-refractivity contribution in [1.82, 2.24) is 9.47 Å². The van der Waals surface area contributed by atoms with Crippen LogP contribution < -0.4 is 19.8 Å². The third kappa shape index (κ3) is 12.5. The number of aromatic nitrogens is 1. The van der Waals surface area contributed by atoms with Gasteiger partial charge in [0.15, 0.2) is 10.8 Å². The van der Waals surface area contributed by atoms with Crippen LogP contribution in [-0.2, 0) is 17.3 Å². The molecule has 68 heavy (non-hydrogen) atoms. The van der Waals surface area contributed by atoms with Gasteiger partial charge in [-0.05, 0) is 155 Å². The first kappa shape index (κ1) is 50.7. The predicted octanol–water partition coefficient (Wildman–Crippen LogP) is 13.0. The van der Waals surface area contributed by atoms with E-state index in [4.69, 9.17) is 11.6 Å². The minimum Gasteiger partial charge on any atom is -0.478 e. The largest absolute Gasteiger partial charge is 0.478 e. The van der Waals surface area contributed by atoms with Crippen LogP contribution in [0.4, 0.5) is 40.3 Å². The van der Waals surface area contributed by atoms with Crippen molar-refractivity contribution in [3.63, 3.8) is 0 Å². The van der Waals surface area contributed by atoms with Gasteiger partial charge in [-0.2, -0.15) is 13.2 Å². The van der Waals surface area contributed by atoms with Gasteiger partial charge in [0.1, 0.15) is 5.82 Å². The number of piperazine rings is 1. The van der Waals surface area contributed by atoms with Crippen molar-refractivity contribution >= 4 is 74.8 Å². The molecule has 1 saturated heterocycles. The van der Waals surface area contributed by atoms with Crippen LogP contribution in [0, 0.1) is 12.7 Å². The fraction of sp³-hybridized carbons (Fsp3) is 0.314. The fourth-order valence-electron chi connectivity index (χ4n) is 8.53. The molecule has 1 aliphatic heterocycles. The predicted molar refractivity (Wildman–Crippen MR) is 274 cm³/mol. The van der Waals surface area contributed by atoms with E-state index < -0.39 is 28.1 Å². The Morgan fingerprint density at radius 1 is 0.853 bits per heavy atom. The van der Waals surface area contributed by atoms with Crippen molar-refractivity contribution in [3.8, 4) is 22.4 Å². The first-order valence-corrected chi connectivity index (χ1v) is 25.8. The summed E-state index contributed by atoms with van der Waals surface area (Å²) in [5.74, 6) is -0.950. The molecule has 1 aromatic heterocycles. The van der Waals surface area contributed by atoms with Gasteiger partial charge in [0.2, 0.25) is 0 Å². The summed E-state index contributed by atoms with van der Waals surface area (Å²) >= 11 is 8.97. The van der Waals surface area contributed by atoms with E-state index in [0.717, 1.165) is 53.3 Å². The van der Waals surface area contributed by atoms with Crippen LogP contribution in [0.1, 0.15) is 42.7 Å². The highest BCUT2D eigenvalue weighted by Crippen LogP contribution is 2.42. The molecule has 2 atom stereocenters. The molecule has 1 aliphatic rings. The van der Waals surface area contributed by atoms with E-state index in [2.05, 4.69) is 31.7 Å². The second kappa shape index (κ2) is 23.0. The lowest BCUT2D eigenvalue weighted by Gasteiger charge is -2.37. The number of anilines is 4. The van der Waals surface area contributed by atoms with E-state index in [-0.39, 0.29) is 22.2 Å². The van der Waals surface area contributed by atoms with Gasteiger partial charge in [-0.1, -0.05) is 48.9 Å². The van der Waals surface area contributed by atoms with Crippen molar-refractivity contribution < 1.29 is 31.7 Å². The quantitative estimate of drug-likeness (QED) is 0.0390. The van der Waals surface area contributed by atoms with Gasteiger partial charge in [-0.15, -0.1) is 11.8 Å². The SMILES string of the molecule is CCCN(C)CCC(CSc1ccccc1)Nc1ccc(SNc2ccc(N3CCN(c4cc(F)cc(-c5c(C(=O)O)c(C)n(CC)c5-c5ccc(Cl)cc5)c4)CC3)cc2)cc1S(=O)C(F)(F)F. The molecule has 0 radical (unpaired) electrons. The van der Waals surface area contributed by atoms with Crippen molar-refractivity contribution in [2.45, 2.75) is 66.4 Å². The van der Waals surface area contributed by atoms with Gasteiger partial charge < -0.3 is 34.4 Å². The number of carboxylic acid groups (broad SMARTS) is 1. The molecular weight excluding hydrogens is 952 g/mol. The Bertz CT molecular complexity index is 2680. The molecule has 2 heterocycles. The molecule has 7 rings (SSSR count). The summed E-state index contributed by atoms with van der Waals surface area (Å²) in [5, 5.41) is 14.3. The molecule has 0 spiro atoms. The van der Waals surface area contributed by atoms with Gasteiger partial charge in [0.25, 0.3) is 0 Å². The number of hydrogen-bond donors (Lipinski definition) is 3. The molecule has 2 unspecified atom stereocenters. The molecule has 0 bridgehead atoms. The van der Waals surface area contributed by atoms with E-state index >= 15 is 4.39 Å². The Hall–Kier alpha value is -5.13. The molecule has 1 fully saturated rings. The van der Waals surface area contributed by atoms with Crippen LogP contribution in [0.25, 0.3) is 22.4 Å². The maximum atomic E-state index is 15.6. The number of alkyl halides is 3. The number of nitrogens with one attached hydrogen (secondary N) is 2. The minimum atomic E-state index is -4.94. The topological polar surface area (TPSA) is 93.1 Å². The Balaban J connectivity index is 1.02. The third-order valence-corrected chi connectivity index (χ3v) is 15.3. The lowest BCUT2D eigenvalue weighted by molar-refractivity contribution is -0.0384. The number of carboxylic acids is 1. The summed E-state index contributed by atoms with van der Waals surface area (Å²) in [6, 6.07) is 34.0. The zero-order chi connectivity index (χ0) is 48.5. The molecular formula is C51H55ClF4N6O3S3. The third-order valence-electron chi connectivity index (χ3n) is 11.9. The Morgan fingerprint density at radius 3 is 2.16 bits per heavy atom. The van der Waals surface area contributed by atoms with Gasteiger partial charge in [-0.25, -0.2) is 13.4 Å². The monoisotopic (exact) mass is 1010 g/mol. The first-order chi connectivity index (χ1) is 32.6. The summed E-state index contributed by atoms with van der Waals surface area (Å²) in [7, 11) is -1.23. The van der Waals surface area contributed by atoms with E-state index in [1.807, 2.05) is 91.3 Å². The molecule has 5 aromatic carbocycles. The molecule has 3 N–H and O–H groups in total. The number of carbonyl (C=O) groups is 1. The number of rotatable bonds is 20. The maximum Gasteiger partial charge on any atom is 0.475 e. The zero-order valence-corrected chi connectivity index (χ0v) is 41.5. The molecule has 0 saturated carbocycles.